The molecule has 20 heavy (non-hydrogen) atoms. The molecule has 0 saturated heterocycles. The Kier molecular flexibility index (Phi) is 4.01. The van der Waals surface area contributed by atoms with Gasteiger partial charge in [0.25, 0.3) is 5.91 Å². The van der Waals surface area contributed by atoms with Crippen molar-refractivity contribution in [1.82, 2.24) is 10.3 Å². The summed E-state index contributed by atoms with van der Waals surface area (Å²) in [6.45, 7) is -0.276. The lowest BCUT2D eigenvalue weighted by Gasteiger charge is -2.07. The minimum absolute atomic E-state index is 0.0923. The number of carbonyl (C=O) groups is 1. The van der Waals surface area contributed by atoms with Crippen LogP contribution in [0.3, 0.4) is 0 Å². The van der Waals surface area contributed by atoms with Crippen molar-refractivity contribution in [2.24, 2.45) is 0 Å². The van der Waals surface area contributed by atoms with E-state index in [1.54, 1.807) is 6.07 Å². The lowest BCUT2D eigenvalue weighted by Crippen LogP contribution is -2.24. The van der Waals surface area contributed by atoms with Crippen molar-refractivity contribution in [3.63, 3.8) is 0 Å². The van der Waals surface area contributed by atoms with Crippen molar-refractivity contribution in [2.45, 2.75) is 6.54 Å². The largest absolute Gasteiger partial charge is 0.348 e. The van der Waals surface area contributed by atoms with Gasteiger partial charge in [0.2, 0.25) is 0 Å². The Balaban J connectivity index is 2.11. The number of carbonyl (C=O) groups excluding carboxylic acids is 1. The third-order valence-corrected chi connectivity index (χ3v) is 2.62. The van der Waals surface area contributed by atoms with Crippen molar-refractivity contribution in [3.05, 3.63) is 65.0 Å². The van der Waals surface area contributed by atoms with Gasteiger partial charge in [-0.15, -0.1) is 0 Å². The van der Waals surface area contributed by atoms with Gasteiger partial charge in [-0.3, -0.25) is 4.79 Å². The molecule has 0 aliphatic rings. The molecule has 0 aliphatic heterocycles. The summed E-state index contributed by atoms with van der Waals surface area (Å²) in [6.07, 6.45) is 1.32. The van der Waals surface area contributed by atoms with Crippen LogP contribution in [0.4, 0.5) is 8.78 Å². The number of hydrogen-bond acceptors (Lipinski definition) is 3. The zero-order valence-electron chi connectivity index (χ0n) is 10.2. The molecule has 0 unspecified atom stereocenters. The van der Waals surface area contributed by atoms with Gasteiger partial charge < -0.3 is 5.32 Å². The first-order valence-electron chi connectivity index (χ1n) is 5.69. The maximum Gasteiger partial charge on any atom is 0.251 e. The molecule has 2 aromatic rings. The number of nitrogens with one attached hydrogen (secondary N) is 1. The molecule has 0 fully saturated rings. The molecule has 2 rings (SSSR count). The number of benzene rings is 1. The van der Waals surface area contributed by atoms with Crippen LogP contribution in [0.5, 0.6) is 0 Å². The number of hydrogen-bond donors (Lipinski definition) is 1. The Hall–Kier alpha value is -2.81. The highest BCUT2D eigenvalue weighted by molar-refractivity contribution is 5.94. The predicted molar refractivity (Wildman–Crippen MR) is 66.5 cm³/mol. The average Bonchev–Trinajstić information content (AvgIpc) is 2.46. The van der Waals surface area contributed by atoms with E-state index in [0.29, 0.717) is 0 Å². The number of nitrogens with zero attached hydrogens (tertiary/aromatic N) is 2. The highest BCUT2D eigenvalue weighted by Crippen LogP contribution is 2.12. The lowest BCUT2D eigenvalue weighted by molar-refractivity contribution is 0.0950. The molecule has 0 bridgehead atoms. The average molecular weight is 273 g/mol. The predicted octanol–water partition coefficient (Wildman–Crippen LogP) is 2.16. The molecular weight excluding hydrogens is 264 g/mol. The summed E-state index contributed by atoms with van der Waals surface area (Å²) < 4.78 is 26.8. The van der Waals surface area contributed by atoms with Crippen molar-refractivity contribution in [3.8, 4) is 6.07 Å². The topological polar surface area (TPSA) is 65.8 Å². The van der Waals surface area contributed by atoms with Crippen LogP contribution in [-0.4, -0.2) is 10.9 Å². The van der Waals surface area contributed by atoms with E-state index in [9.17, 15) is 13.6 Å². The molecule has 0 aliphatic carbocycles. The number of pyridine rings is 1. The number of rotatable bonds is 3. The minimum Gasteiger partial charge on any atom is -0.348 e. The minimum atomic E-state index is -0.724. The number of halogens is 2. The molecule has 0 spiro atoms. The summed E-state index contributed by atoms with van der Waals surface area (Å²) in [6, 6.07) is 7.99. The normalized spacial score (nSPS) is 9.85. The van der Waals surface area contributed by atoms with E-state index in [4.69, 9.17) is 5.26 Å². The van der Waals surface area contributed by atoms with Crippen LogP contribution in [0.25, 0.3) is 0 Å². The summed E-state index contributed by atoms with van der Waals surface area (Å²) in [5.74, 6) is -1.98. The summed E-state index contributed by atoms with van der Waals surface area (Å²) >= 11 is 0. The summed E-state index contributed by atoms with van der Waals surface area (Å²) in [4.78, 5) is 15.5. The SMILES string of the molecule is N#Cc1cc(C(=O)NCc2c(F)cccc2F)ccn1. The van der Waals surface area contributed by atoms with Crippen LogP contribution in [0.1, 0.15) is 21.6 Å². The molecule has 1 N–H and O–H groups in total. The second-order valence-corrected chi connectivity index (χ2v) is 3.92. The number of amides is 1. The Morgan fingerprint density at radius 3 is 2.65 bits per heavy atom. The van der Waals surface area contributed by atoms with E-state index < -0.39 is 17.5 Å². The molecule has 1 aromatic carbocycles. The molecule has 0 radical (unpaired) electrons. The van der Waals surface area contributed by atoms with Gasteiger partial charge in [-0.05, 0) is 24.3 Å². The highest BCUT2D eigenvalue weighted by atomic mass is 19.1. The van der Waals surface area contributed by atoms with Gasteiger partial charge >= 0.3 is 0 Å². The van der Waals surface area contributed by atoms with Crippen LogP contribution in [0, 0.1) is 23.0 Å². The van der Waals surface area contributed by atoms with E-state index in [0.717, 1.165) is 12.1 Å². The van der Waals surface area contributed by atoms with E-state index in [1.165, 1.54) is 24.4 Å². The Labute approximate surface area is 113 Å². The Morgan fingerprint density at radius 2 is 2.00 bits per heavy atom. The van der Waals surface area contributed by atoms with E-state index in [2.05, 4.69) is 10.3 Å². The second kappa shape index (κ2) is 5.89. The number of aromatic nitrogens is 1. The Bertz CT molecular complexity index is 675. The standard InChI is InChI=1S/C14H9F2N3O/c15-12-2-1-3-13(16)11(12)8-19-14(20)9-4-5-18-10(6-9)7-17/h1-6H,8H2,(H,19,20). The van der Waals surface area contributed by atoms with E-state index >= 15 is 0 Å². The Morgan fingerprint density at radius 1 is 1.30 bits per heavy atom. The smallest absolute Gasteiger partial charge is 0.251 e. The molecule has 1 heterocycles. The van der Waals surface area contributed by atoms with Gasteiger partial charge in [0, 0.05) is 23.9 Å². The first-order chi connectivity index (χ1) is 9.61. The molecule has 0 atom stereocenters. The fourth-order valence-corrected chi connectivity index (χ4v) is 1.60. The molecule has 1 aromatic heterocycles. The van der Waals surface area contributed by atoms with Crippen LogP contribution in [0.15, 0.2) is 36.5 Å². The highest BCUT2D eigenvalue weighted by Gasteiger charge is 2.11. The summed E-state index contributed by atoms with van der Waals surface area (Å²) in [5, 5.41) is 11.1. The van der Waals surface area contributed by atoms with Crippen LogP contribution in [0.2, 0.25) is 0 Å². The summed E-state index contributed by atoms with van der Waals surface area (Å²) in [5.41, 5.74) is 0.0819. The zero-order valence-corrected chi connectivity index (χ0v) is 10.2. The van der Waals surface area contributed by atoms with Gasteiger partial charge in [0.05, 0.1) is 0 Å². The third-order valence-electron chi connectivity index (χ3n) is 2.62. The fourth-order valence-electron chi connectivity index (χ4n) is 1.60. The van der Waals surface area contributed by atoms with Gasteiger partial charge in [0.1, 0.15) is 23.4 Å². The molecular formula is C14H9F2N3O. The first kappa shape index (κ1) is 13.6. The van der Waals surface area contributed by atoms with Crippen molar-refractivity contribution in [2.75, 3.05) is 0 Å². The third kappa shape index (κ3) is 2.95. The second-order valence-electron chi connectivity index (χ2n) is 3.92. The first-order valence-corrected chi connectivity index (χ1v) is 5.69. The van der Waals surface area contributed by atoms with Gasteiger partial charge in [-0.2, -0.15) is 5.26 Å². The maximum absolute atomic E-state index is 13.4. The fraction of sp³-hybridized carbons (Fsp3) is 0.0714. The van der Waals surface area contributed by atoms with Crippen molar-refractivity contribution >= 4 is 5.91 Å². The van der Waals surface area contributed by atoms with E-state index in [1.807, 2.05) is 0 Å². The van der Waals surface area contributed by atoms with Gasteiger partial charge in [0.15, 0.2) is 0 Å². The number of nitriles is 1. The molecule has 1 amide bonds. The quantitative estimate of drug-likeness (QED) is 0.931. The van der Waals surface area contributed by atoms with Gasteiger partial charge in [-0.1, -0.05) is 6.07 Å². The molecule has 100 valence electrons. The summed E-state index contributed by atoms with van der Waals surface area (Å²) in [7, 11) is 0. The molecule has 4 nitrogen and oxygen atoms in total. The van der Waals surface area contributed by atoms with Gasteiger partial charge in [-0.25, -0.2) is 13.8 Å². The van der Waals surface area contributed by atoms with Crippen molar-refractivity contribution in [1.29, 1.82) is 5.26 Å². The maximum atomic E-state index is 13.4. The zero-order chi connectivity index (χ0) is 14.5. The van der Waals surface area contributed by atoms with Crippen molar-refractivity contribution < 1.29 is 13.6 Å². The molecule has 6 heteroatoms. The monoisotopic (exact) mass is 273 g/mol. The lowest BCUT2D eigenvalue weighted by atomic mass is 10.2. The van der Waals surface area contributed by atoms with Crippen LogP contribution < -0.4 is 5.32 Å². The van der Waals surface area contributed by atoms with Crippen LogP contribution >= 0.6 is 0 Å². The van der Waals surface area contributed by atoms with E-state index in [-0.39, 0.29) is 23.4 Å². The van der Waals surface area contributed by atoms with Crippen LogP contribution in [-0.2, 0) is 6.54 Å². The molecule has 0 saturated carbocycles.